The van der Waals surface area contributed by atoms with Crippen LogP contribution in [0.2, 0.25) is 0 Å². The lowest BCUT2D eigenvalue weighted by molar-refractivity contribution is -0.134. The first-order valence-corrected chi connectivity index (χ1v) is 8.59. The van der Waals surface area contributed by atoms with Gasteiger partial charge in [0.1, 0.15) is 0 Å². The molecule has 21 heavy (non-hydrogen) atoms. The van der Waals surface area contributed by atoms with Gasteiger partial charge in [-0.3, -0.25) is 4.79 Å². The van der Waals surface area contributed by atoms with Crippen molar-refractivity contribution < 1.29 is 4.79 Å². The summed E-state index contributed by atoms with van der Waals surface area (Å²) in [7, 11) is 0. The van der Waals surface area contributed by atoms with Crippen molar-refractivity contribution in [1.82, 2.24) is 10.2 Å². The highest BCUT2D eigenvalue weighted by Gasteiger charge is 2.28. The molecule has 0 aromatic heterocycles. The summed E-state index contributed by atoms with van der Waals surface area (Å²) in [6.45, 7) is 4.04. The van der Waals surface area contributed by atoms with E-state index in [9.17, 15) is 4.79 Å². The van der Waals surface area contributed by atoms with Crippen molar-refractivity contribution in [2.45, 2.75) is 31.8 Å². The van der Waals surface area contributed by atoms with Crippen LogP contribution >= 0.6 is 24.2 Å². The second-order valence-corrected chi connectivity index (χ2v) is 6.79. The van der Waals surface area contributed by atoms with E-state index in [1.165, 1.54) is 11.1 Å². The minimum absolute atomic E-state index is 0. The van der Waals surface area contributed by atoms with Gasteiger partial charge >= 0.3 is 0 Å². The minimum Gasteiger partial charge on any atom is -0.336 e. The van der Waals surface area contributed by atoms with Crippen molar-refractivity contribution in [2.75, 3.05) is 24.6 Å². The molecule has 1 fully saturated rings. The molecule has 2 aliphatic rings. The number of hydrogen-bond donors (Lipinski definition) is 1. The van der Waals surface area contributed by atoms with Gasteiger partial charge in [-0.05, 0) is 24.5 Å². The van der Waals surface area contributed by atoms with E-state index in [0.29, 0.717) is 18.4 Å². The van der Waals surface area contributed by atoms with Crippen molar-refractivity contribution in [3.63, 3.8) is 0 Å². The molecule has 1 saturated heterocycles. The van der Waals surface area contributed by atoms with Crippen LogP contribution in [-0.2, 0) is 11.2 Å². The quantitative estimate of drug-likeness (QED) is 0.907. The van der Waals surface area contributed by atoms with E-state index >= 15 is 0 Å². The third kappa shape index (κ3) is 3.74. The fourth-order valence-corrected chi connectivity index (χ4v) is 4.14. The Bertz CT molecular complexity index is 491. The number of amides is 1. The SMILES string of the molecule is CC1c2ccccc2CCN1C(=O)CC1CSCCN1.Cl. The predicted octanol–water partition coefficient (Wildman–Crippen LogP) is 2.65. The van der Waals surface area contributed by atoms with Crippen LogP contribution < -0.4 is 5.32 Å². The number of nitrogens with zero attached hydrogens (tertiary/aromatic N) is 1. The van der Waals surface area contributed by atoms with Gasteiger partial charge in [-0.1, -0.05) is 24.3 Å². The molecular weight excluding hydrogens is 304 g/mol. The Kier molecular flexibility index (Phi) is 5.97. The Hall–Kier alpha value is -0.710. The lowest BCUT2D eigenvalue weighted by Gasteiger charge is -2.36. The van der Waals surface area contributed by atoms with Gasteiger partial charge in [-0.15, -0.1) is 12.4 Å². The maximum atomic E-state index is 12.6. The van der Waals surface area contributed by atoms with Crippen molar-refractivity contribution in [1.29, 1.82) is 0 Å². The van der Waals surface area contributed by atoms with Crippen LogP contribution in [0.4, 0.5) is 0 Å². The molecule has 2 unspecified atom stereocenters. The second-order valence-electron chi connectivity index (χ2n) is 5.64. The van der Waals surface area contributed by atoms with Gasteiger partial charge in [-0.2, -0.15) is 11.8 Å². The van der Waals surface area contributed by atoms with E-state index < -0.39 is 0 Å². The molecule has 0 radical (unpaired) electrons. The molecule has 0 spiro atoms. The van der Waals surface area contributed by atoms with Crippen LogP contribution in [0.5, 0.6) is 0 Å². The van der Waals surface area contributed by atoms with Crippen LogP contribution in [0.25, 0.3) is 0 Å². The molecule has 3 nitrogen and oxygen atoms in total. The molecule has 0 aliphatic carbocycles. The Balaban J connectivity index is 0.00000161. The molecule has 3 rings (SSSR count). The summed E-state index contributed by atoms with van der Waals surface area (Å²) >= 11 is 1.95. The largest absolute Gasteiger partial charge is 0.336 e. The third-order valence-electron chi connectivity index (χ3n) is 4.33. The number of halogens is 1. The number of rotatable bonds is 2. The normalized spacial score (nSPS) is 24.9. The third-order valence-corrected chi connectivity index (χ3v) is 5.47. The maximum Gasteiger partial charge on any atom is 0.224 e. The highest BCUT2D eigenvalue weighted by Crippen LogP contribution is 2.29. The van der Waals surface area contributed by atoms with Gasteiger partial charge in [0.25, 0.3) is 0 Å². The zero-order chi connectivity index (χ0) is 13.9. The van der Waals surface area contributed by atoms with Gasteiger partial charge in [0, 0.05) is 37.1 Å². The molecule has 5 heteroatoms. The van der Waals surface area contributed by atoms with Crippen molar-refractivity contribution in [3.05, 3.63) is 35.4 Å². The molecule has 2 aliphatic heterocycles. The molecular formula is C16H23ClN2OS. The van der Waals surface area contributed by atoms with Crippen LogP contribution in [0.1, 0.15) is 30.5 Å². The first-order chi connectivity index (χ1) is 9.75. The van der Waals surface area contributed by atoms with E-state index in [1.54, 1.807) is 0 Å². The lowest BCUT2D eigenvalue weighted by atomic mass is 9.93. The Labute approximate surface area is 137 Å². The van der Waals surface area contributed by atoms with Crippen LogP contribution in [0.3, 0.4) is 0 Å². The topological polar surface area (TPSA) is 32.3 Å². The summed E-state index contributed by atoms with van der Waals surface area (Å²) < 4.78 is 0. The van der Waals surface area contributed by atoms with Crippen molar-refractivity contribution in [2.24, 2.45) is 0 Å². The number of thioether (sulfide) groups is 1. The number of carbonyl (C=O) groups excluding carboxylic acids is 1. The molecule has 0 bridgehead atoms. The van der Waals surface area contributed by atoms with Crippen molar-refractivity contribution in [3.8, 4) is 0 Å². The standard InChI is InChI=1S/C16H22N2OS.ClH/c1-12-15-5-3-2-4-13(15)6-8-18(12)16(19)10-14-11-20-9-7-17-14;/h2-5,12,14,17H,6-11H2,1H3;1H. The predicted molar refractivity (Wildman–Crippen MR) is 91.3 cm³/mol. The molecule has 1 aromatic rings. The molecule has 1 amide bonds. The van der Waals surface area contributed by atoms with E-state index in [-0.39, 0.29) is 18.4 Å². The zero-order valence-electron chi connectivity index (χ0n) is 12.4. The average molecular weight is 327 g/mol. The summed E-state index contributed by atoms with van der Waals surface area (Å²) in [5.41, 5.74) is 2.72. The van der Waals surface area contributed by atoms with E-state index in [2.05, 4.69) is 41.4 Å². The lowest BCUT2D eigenvalue weighted by Crippen LogP contribution is -2.45. The number of nitrogens with one attached hydrogen (secondary N) is 1. The molecule has 2 atom stereocenters. The summed E-state index contributed by atoms with van der Waals surface area (Å²) in [4.78, 5) is 14.6. The van der Waals surface area contributed by atoms with Gasteiger partial charge in [0.2, 0.25) is 5.91 Å². The van der Waals surface area contributed by atoms with Gasteiger partial charge in [-0.25, -0.2) is 0 Å². The van der Waals surface area contributed by atoms with E-state index in [0.717, 1.165) is 31.0 Å². The Morgan fingerprint density at radius 1 is 1.43 bits per heavy atom. The highest BCUT2D eigenvalue weighted by molar-refractivity contribution is 7.99. The number of fused-ring (bicyclic) bond motifs is 1. The molecule has 1 N–H and O–H groups in total. The zero-order valence-corrected chi connectivity index (χ0v) is 14.0. The second kappa shape index (κ2) is 7.52. The number of carbonyl (C=O) groups is 1. The fourth-order valence-electron chi connectivity index (χ4n) is 3.19. The molecule has 116 valence electrons. The minimum atomic E-state index is 0. The average Bonchev–Trinajstić information content (AvgIpc) is 2.49. The monoisotopic (exact) mass is 326 g/mol. The number of benzene rings is 1. The van der Waals surface area contributed by atoms with Gasteiger partial charge in [0.15, 0.2) is 0 Å². The van der Waals surface area contributed by atoms with Crippen LogP contribution in [-0.4, -0.2) is 41.4 Å². The van der Waals surface area contributed by atoms with E-state index in [4.69, 9.17) is 0 Å². The smallest absolute Gasteiger partial charge is 0.224 e. The fraction of sp³-hybridized carbons (Fsp3) is 0.562. The first kappa shape index (κ1) is 16.7. The van der Waals surface area contributed by atoms with Crippen LogP contribution in [0.15, 0.2) is 24.3 Å². The maximum absolute atomic E-state index is 12.6. The van der Waals surface area contributed by atoms with Gasteiger partial charge < -0.3 is 10.2 Å². The number of hydrogen-bond acceptors (Lipinski definition) is 3. The summed E-state index contributed by atoms with van der Waals surface area (Å²) in [5, 5.41) is 3.45. The first-order valence-electron chi connectivity index (χ1n) is 7.44. The summed E-state index contributed by atoms with van der Waals surface area (Å²) in [5.74, 6) is 2.52. The van der Waals surface area contributed by atoms with Crippen molar-refractivity contribution >= 4 is 30.1 Å². The molecule has 1 aromatic carbocycles. The van der Waals surface area contributed by atoms with Gasteiger partial charge in [0.05, 0.1) is 6.04 Å². The Morgan fingerprint density at radius 2 is 2.24 bits per heavy atom. The highest BCUT2D eigenvalue weighted by atomic mass is 35.5. The summed E-state index contributed by atoms with van der Waals surface area (Å²) in [6, 6.07) is 9.07. The summed E-state index contributed by atoms with van der Waals surface area (Å²) in [6.07, 6.45) is 1.62. The van der Waals surface area contributed by atoms with Crippen LogP contribution in [0, 0.1) is 0 Å². The molecule has 0 saturated carbocycles. The molecule has 2 heterocycles. The van der Waals surface area contributed by atoms with E-state index in [1.807, 2.05) is 11.8 Å². The Morgan fingerprint density at radius 3 is 3.00 bits per heavy atom.